The maximum atomic E-state index is 12.0. The Morgan fingerprint density at radius 2 is 1.89 bits per heavy atom. The van der Waals surface area contributed by atoms with Gasteiger partial charge in [0.05, 0.1) is 6.54 Å². The van der Waals surface area contributed by atoms with Crippen LogP contribution in [0.1, 0.15) is 17.5 Å². The average molecular weight is 260 g/mol. The lowest BCUT2D eigenvalue weighted by molar-refractivity contribution is -0.144. The minimum atomic E-state index is 0.0231. The van der Waals surface area contributed by atoms with Gasteiger partial charge in [-0.2, -0.15) is 0 Å². The van der Waals surface area contributed by atoms with Gasteiger partial charge in [0.15, 0.2) is 0 Å². The number of hydrogen-bond acceptors (Lipinski definition) is 2. The molecular formula is C15H20N2O2. The predicted octanol–water partition coefficient (Wildman–Crippen LogP) is 1.23. The Balaban J connectivity index is 1.84. The van der Waals surface area contributed by atoms with E-state index in [1.165, 1.54) is 11.1 Å². The number of piperazine rings is 1. The topological polar surface area (TPSA) is 40.6 Å². The van der Waals surface area contributed by atoms with Crippen molar-refractivity contribution < 1.29 is 9.59 Å². The third kappa shape index (κ3) is 3.56. The zero-order valence-electron chi connectivity index (χ0n) is 11.6. The number of amides is 2. The number of benzene rings is 1. The van der Waals surface area contributed by atoms with Crippen molar-refractivity contribution in [3.63, 3.8) is 0 Å². The van der Waals surface area contributed by atoms with Gasteiger partial charge < -0.3 is 9.80 Å². The highest BCUT2D eigenvalue weighted by Crippen LogP contribution is 2.09. The van der Waals surface area contributed by atoms with Crippen LogP contribution in [-0.4, -0.2) is 48.3 Å². The Bertz CT molecular complexity index is 468. The molecule has 1 saturated heterocycles. The molecule has 0 aliphatic carbocycles. The van der Waals surface area contributed by atoms with E-state index in [0.29, 0.717) is 19.5 Å². The summed E-state index contributed by atoms with van der Waals surface area (Å²) in [7, 11) is 1.77. The van der Waals surface area contributed by atoms with Gasteiger partial charge in [-0.1, -0.05) is 29.8 Å². The molecule has 4 heteroatoms. The van der Waals surface area contributed by atoms with E-state index in [9.17, 15) is 9.59 Å². The molecule has 2 amide bonds. The van der Waals surface area contributed by atoms with E-state index in [-0.39, 0.29) is 18.4 Å². The first-order valence-corrected chi connectivity index (χ1v) is 6.63. The second-order valence-electron chi connectivity index (χ2n) is 5.12. The fourth-order valence-electron chi connectivity index (χ4n) is 2.14. The molecule has 0 atom stereocenters. The van der Waals surface area contributed by atoms with Crippen LogP contribution < -0.4 is 0 Å². The lowest BCUT2D eigenvalue weighted by Crippen LogP contribution is -2.50. The minimum absolute atomic E-state index is 0.0231. The van der Waals surface area contributed by atoms with Gasteiger partial charge in [-0.05, 0) is 18.9 Å². The molecule has 4 nitrogen and oxygen atoms in total. The van der Waals surface area contributed by atoms with Gasteiger partial charge in [-0.25, -0.2) is 0 Å². The van der Waals surface area contributed by atoms with Crippen LogP contribution in [0.2, 0.25) is 0 Å². The van der Waals surface area contributed by atoms with Crippen LogP contribution in [0.4, 0.5) is 0 Å². The summed E-state index contributed by atoms with van der Waals surface area (Å²) in [5, 5.41) is 0. The smallest absolute Gasteiger partial charge is 0.241 e. The minimum Gasteiger partial charge on any atom is -0.342 e. The van der Waals surface area contributed by atoms with Crippen LogP contribution in [0, 0.1) is 6.92 Å². The van der Waals surface area contributed by atoms with Gasteiger partial charge in [0.2, 0.25) is 11.8 Å². The SMILES string of the molecule is Cc1ccc(CCC(=O)N2CCN(C)C(=O)C2)cc1. The molecule has 1 heterocycles. The number of carbonyl (C=O) groups excluding carboxylic acids is 2. The van der Waals surface area contributed by atoms with E-state index in [4.69, 9.17) is 0 Å². The first kappa shape index (κ1) is 13.6. The second kappa shape index (κ2) is 5.87. The normalized spacial score (nSPS) is 15.8. The Labute approximate surface area is 114 Å². The van der Waals surface area contributed by atoms with Gasteiger partial charge in [-0.3, -0.25) is 9.59 Å². The molecule has 0 radical (unpaired) electrons. The molecule has 1 aromatic rings. The molecule has 19 heavy (non-hydrogen) atoms. The average Bonchev–Trinajstić information content (AvgIpc) is 2.41. The molecule has 1 fully saturated rings. The number of hydrogen-bond donors (Lipinski definition) is 0. The number of likely N-dealkylation sites (N-methyl/N-ethyl adjacent to an activating group) is 1. The quantitative estimate of drug-likeness (QED) is 0.820. The fraction of sp³-hybridized carbons (Fsp3) is 0.467. The molecule has 0 saturated carbocycles. The highest BCUT2D eigenvalue weighted by molar-refractivity contribution is 5.85. The first-order chi connectivity index (χ1) is 9.06. The first-order valence-electron chi connectivity index (χ1n) is 6.63. The molecule has 0 N–H and O–H groups in total. The number of rotatable bonds is 3. The summed E-state index contributed by atoms with van der Waals surface area (Å²) < 4.78 is 0. The number of aryl methyl sites for hydroxylation is 2. The van der Waals surface area contributed by atoms with E-state index in [1.54, 1.807) is 16.8 Å². The van der Waals surface area contributed by atoms with Crippen LogP contribution in [0.5, 0.6) is 0 Å². The van der Waals surface area contributed by atoms with Gasteiger partial charge in [0.1, 0.15) is 0 Å². The van der Waals surface area contributed by atoms with E-state index in [0.717, 1.165) is 6.42 Å². The lowest BCUT2D eigenvalue weighted by Gasteiger charge is -2.32. The van der Waals surface area contributed by atoms with Crippen LogP contribution in [-0.2, 0) is 16.0 Å². The highest BCUT2D eigenvalue weighted by atomic mass is 16.2. The molecule has 2 rings (SSSR count). The molecule has 1 aliphatic heterocycles. The van der Waals surface area contributed by atoms with Gasteiger partial charge in [-0.15, -0.1) is 0 Å². The predicted molar refractivity (Wildman–Crippen MR) is 73.7 cm³/mol. The Morgan fingerprint density at radius 1 is 1.21 bits per heavy atom. The number of carbonyl (C=O) groups is 2. The van der Waals surface area contributed by atoms with Crippen molar-refractivity contribution in [1.82, 2.24) is 9.80 Å². The molecule has 0 spiro atoms. The van der Waals surface area contributed by atoms with Crippen molar-refractivity contribution in [3.8, 4) is 0 Å². The summed E-state index contributed by atoms with van der Waals surface area (Å²) in [6.45, 7) is 3.55. The molecule has 102 valence electrons. The zero-order valence-corrected chi connectivity index (χ0v) is 11.6. The maximum absolute atomic E-state index is 12.0. The third-order valence-corrected chi connectivity index (χ3v) is 3.56. The molecule has 1 aromatic carbocycles. The van der Waals surface area contributed by atoms with E-state index in [1.807, 2.05) is 6.92 Å². The summed E-state index contributed by atoms with van der Waals surface area (Å²) in [5.74, 6) is 0.0944. The van der Waals surface area contributed by atoms with E-state index in [2.05, 4.69) is 24.3 Å². The van der Waals surface area contributed by atoms with E-state index < -0.39 is 0 Å². The lowest BCUT2D eigenvalue weighted by atomic mass is 10.1. The zero-order chi connectivity index (χ0) is 13.8. The largest absolute Gasteiger partial charge is 0.342 e. The summed E-state index contributed by atoms with van der Waals surface area (Å²) in [5.41, 5.74) is 2.39. The monoisotopic (exact) mass is 260 g/mol. The Hall–Kier alpha value is -1.84. The number of nitrogens with zero attached hydrogens (tertiary/aromatic N) is 2. The van der Waals surface area contributed by atoms with Crippen molar-refractivity contribution in [2.24, 2.45) is 0 Å². The van der Waals surface area contributed by atoms with Crippen molar-refractivity contribution >= 4 is 11.8 Å². The van der Waals surface area contributed by atoms with Crippen LogP contribution in [0.15, 0.2) is 24.3 Å². The highest BCUT2D eigenvalue weighted by Gasteiger charge is 2.24. The van der Waals surface area contributed by atoms with Crippen LogP contribution in [0.3, 0.4) is 0 Å². The van der Waals surface area contributed by atoms with Gasteiger partial charge in [0.25, 0.3) is 0 Å². The molecule has 0 unspecified atom stereocenters. The summed E-state index contributed by atoms with van der Waals surface area (Å²) in [6.07, 6.45) is 1.21. The van der Waals surface area contributed by atoms with Crippen LogP contribution >= 0.6 is 0 Å². The van der Waals surface area contributed by atoms with E-state index >= 15 is 0 Å². The van der Waals surface area contributed by atoms with Crippen molar-refractivity contribution in [3.05, 3.63) is 35.4 Å². The maximum Gasteiger partial charge on any atom is 0.241 e. The standard InChI is InChI=1S/C15H20N2O2/c1-12-3-5-13(6-4-12)7-8-14(18)17-10-9-16(2)15(19)11-17/h3-6H,7-11H2,1-2H3. The Morgan fingerprint density at radius 3 is 2.53 bits per heavy atom. The molecular weight excluding hydrogens is 240 g/mol. The summed E-state index contributed by atoms with van der Waals surface area (Å²) in [4.78, 5) is 26.9. The van der Waals surface area contributed by atoms with Crippen molar-refractivity contribution in [2.45, 2.75) is 19.8 Å². The molecule has 0 bridgehead atoms. The van der Waals surface area contributed by atoms with Crippen LogP contribution in [0.25, 0.3) is 0 Å². The molecule has 1 aliphatic rings. The van der Waals surface area contributed by atoms with Crippen molar-refractivity contribution in [1.29, 1.82) is 0 Å². The Kier molecular flexibility index (Phi) is 4.20. The molecule has 0 aromatic heterocycles. The fourth-order valence-corrected chi connectivity index (χ4v) is 2.14. The second-order valence-corrected chi connectivity index (χ2v) is 5.12. The van der Waals surface area contributed by atoms with Crippen molar-refractivity contribution in [2.75, 3.05) is 26.7 Å². The third-order valence-electron chi connectivity index (χ3n) is 3.56. The summed E-state index contributed by atoms with van der Waals surface area (Å²) >= 11 is 0. The van der Waals surface area contributed by atoms with Gasteiger partial charge in [0, 0.05) is 26.6 Å². The summed E-state index contributed by atoms with van der Waals surface area (Å²) in [6, 6.07) is 8.22. The van der Waals surface area contributed by atoms with Gasteiger partial charge >= 0.3 is 0 Å².